The molecule has 1 unspecified atom stereocenters. The number of amides is 1. The summed E-state index contributed by atoms with van der Waals surface area (Å²) in [6, 6.07) is 9.35. The van der Waals surface area contributed by atoms with Crippen molar-refractivity contribution in [1.29, 1.82) is 0 Å². The van der Waals surface area contributed by atoms with Crippen molar-refractivity contribution in [3.05, 3.63) is 35.9 Å². The summed E-state index contributed by atoms with van der Waals surface area (Å²) in [6.45, 7) is 4.46. The minimum atomic E-state index is -0.626. The molecule has 1 aromatic rings. The van der Waals surface area contributed by atoms with Crippen molar-refractivity contribution in [1.82, 2.24) is 5.32 Å². The van der Waals surface area contributed by atoms with Gasteiger partial charge in [-0.15, -0.1) is 0 Å². The first-order valence-electron chi connectivity index (χ1n) is 6.09. The maximum absolute atomic E-state index is 11.5. The second kappa shape index (κ2) is 7.07. The lowest BCUT2D eigenvalue weighted by atomic mass is 10.1. The van der Waals surface area contributed by atoms with E-state index in [1.54, 1.807) is 0 Å². The van der Waals surface area contributed by atoms with Crippen molar-refractivity contribution in [2.45, 2.75) is 32.8 Å². The number of hydrogen-bond donors (Lipinski definition) is 2. The Balaban J connectivity index is 2.29. The predicted molar refractivity (Wildman–Crippen MR) is 68.5 cm³/mol. The standard InChI is InChI=1S/C14H21NO2/c1-11(2)8-9-14(17)15-10-13(16)12-6-4-3-5-7-12/h3-7,11,13,16H,8-10H2,1-2H3,(H,15,17). The number of benzene rings is 1. The van der Waals surface area contributed by atoms with Crippen LogP contribution in [0.4, 0.5) is 0 Å². The molecule has 0 aliphatic carbocycles. The summed E-state index contributed by atoms with van der Waals surface area (Å²) < 4.78 is 0. The van der Waals surface area contributed by atoms with Crippen molar-refractivity contribution in [2.75, 3.05) is 6.54 Å². The van der Waals surface area contributed by atoms with Crippen LogP contribution in [-0.4, -0.2) is 17.6 Å². The van der Waals surface area contributed by atoms with Gasteiger partial charge in [0.1, 0.15) is 0 Å². The number of hydrogen-bond acceptors (Lipinski definition) is 2. The smallest absolute Gasteiger partial charge is 0.220 e. The van der Waals surface area contributed by atoms with E-state index in [-0.39, 0.29) is 12.5 Å². The predicted octanol–water partition coefficient (Wildman–Crippen LogP) is 2.27. The maximum Gasteiger partial charge on any atom is 0.220 e. The van der Waals surface area contributed by atoms with Gasteiger partial charge in [-0.1, -0.05) is 44.2 Å². The van der Waals surface area contributed by atoms with Crippen LogP contribution in [0.25, 0.3) is 0 Å². The molecular weight excluding hydrogens is 214 g/mol. The maximum atomic E-state index is 11.5. The molecular formula is C14H21NO2. The fraction of sp³-hybridized carbons (Fsp3) is 0.500. The van der Waals surface area contributed by atoms with E-state index in [9.17, 15) is 9.90 Å². The summed E-state index contributed by atoms with van der Waals surface area (Å²) >= 11 is 0. The van der Waals surface area contributed by atoms with Crippen LogP contribution in [0.15, 0.2) is 30.3 Å². The largest absolute Gasteiger partial charge is 0.387 e. The Hall–Kier alpha value is -1.35. The highest BCUT2D eigenvalue weighted by atomic mass is 16.3. The van der Waals surface area contributed by atoms with Gasteiger partial charge in [0.2, 0.25) is 5.91 Å². The summed E-state index contributed by atoms with van der Waals surface area (Å²) in [5, 5.41) is 12.6. The fourth-order valence-corrected chi connectivity index (χ4v) is 1.51. The molecule has 0 bridgehead atoms. The third-order valence-electron chi connectivity index (χ3n) is 2.63. The first-order chi connectivity index (χ1) is 8.09. The third kappa shape index (κ3) is 5.50. The molecule has 2 N–H and O–H groups in total. The molecule has 0 heterocycles. The third-order valence-corrected chi connectivity index (χ3v) is 2.63. The zero-order chi connectivity index (χ0) is 12.7. The Morgan fingerprint density at radius 3 is 2.53 bits per heavy atom. The van der Waals surface area contributed by atoms with Gasteiger partial charge in [-0.3, -0.25) is 4.79 Å². The lowest BCUT2D eigenvalue weighted by Gasteiger charge is -2.12. The highest BCUT2D eigenvalue weighted by molar-refractivity contribution is 5.75. The van der Waals surface area contributed by atoms with Gasteiger partial charge >= 0.3 is 0 Å². The molecule has 0 aromatic heterocycles. The fourth-order valence-electron chi connectivity index (χ4n) is 1.51. The summed E-state index contributed by atoms with van der Waals surface area (Å²) in [6.07, 6.45) is 0.783. The highest BCUT2D eigenvalue weighted by Crippen LogP contribution is 2.10. The first kappa shape index (κ1) is 13.7. The van der Waals surface area contributed by atoms with E-state index in [1.807, 2.05) is 30.3 Å². The van der Waals surface area contributed by atoms with Crippen LogP contribution < -0.4 is 5.32 Å². The van der Waals surface area contributed by atoms with Crippen LogP contribution >= 0.6 is 0 Å². The van der Waals surface area contributed by atoms with Crippen LogP contribution in [-0.2, 0) is 4.79 Å². The number of carbonyl (C=O) groups is 1. The van der Waals surface area contributed by atoms with Gasteiger partial charge in [-0.05, 0) is 17.9 Å². The van der Waals surface area contributed by atoms with Gasteiger partial charge in [0.05, 0.1) is 6.10 Å². The number of aliphatic hydroxyl groups is 1. The molecule has 94 valence electrons. The SMILES string of the molecule is CC(C)CCC(=O)NCC(O)c1ccccc1. The van der Waals surface area contributed by atoms with Crippen LogP contribution in [0.1, 0.15) is 38.4 Å². The van der Waals surface area contributed by atoms with Crippen molar-refractivity contribution in [3.8, 4) is 0 Å². The number of aliphatic hydroxyl groups excluding tert-OH is 1. The van der Waals surface area contributed by atoms with E-state index in [0.717, 1.165) is 12.0 Å². The molecule has 0 saturated heterocycles. The lowest BCUT2D eigenvalue weighted by Crippen LogP contribution is -2.28. The number of carbonyl (C=O) groups excluding carboxylic acids is 1. The molecule has 0 saturated carbocycles. The molecule has 1 aromatic carbocycles. The Morgan fingerprint density at radius 1 is 1.29 bits per heavy atom. The summed E-state index contributed by atoms with van der Waals surface area (Å²) in [7, 11) is 0. The molecule has 0 spiro atoms. The van der Waals surface area contributed by atoms with Crippen LogP contribution in [0, 0.1) is 5.92 Å². The molecule has 1 rings (SSSR count). The van der Waals surface area contributed by atoms with Crippen molar-refractivity contribution in [3.63, 3.8) is 0 Å². The van der Waals surface area contributed by atoms with E-state index in [2.05, 4.69) is 19.2 Å². The van der Waals surface area contributed by atoms with Gasteiger partial charge in [-0.2, -0.15) is 0 Å². The zero-order valence-corrected chi connectivity index (χ0v) is 10.5. The topological polar surface area (TPSA) is 49.3 Å². The van der Waals surface area contributed by atoms with Gasteiger partial charge in [0, 0.05) is 13.0 Å². The molecule has 0 fully saturated rings. The molecule has 1 amide bonds. The molecule has 0 aliphatic rings. The second-order valence-corrected chi connectivity index (χ2v) is 4.66. The monoisotopic (exact) mass is 235 g/mol. The molecule has 0 aliphatic heterocycles. The van der Waals surface area contributed by atoms with E-state index in [4.69, 9.17) is 0 Å². The van der Waals surface area contributed by atoms with E-state index in [1.165, 1.54) is 0 Å². The van der Waals surface area contributed by atoms with Crippen molar-refractivity contribution >= 4 is 5.91 Å². The van der Waals surface area contributed by atoms with Crippen LogP contribution in [0.3, 0.4) is 0 Å². The van der Waals surface area contributed by atoms with Gasteiger partial charge in [-0.25, -0.2) is 0 Å². The number of nitrogens with one attached hydrogen (secondary N) is 1. The molecule has 3 nitrogen and oxygen atoms in total. The summed E-state index contributed by atoms with van der Waals surface area (Å²) in [5.41, 5.74) is 0.830. The minimum Gasteiger partial charge on any atom is -0.387 e. The molecule has 3 heteroatoms. The van der Waals surface area contributed by atoms with Crippen LogP contribution in [0.2, 0.25) is 0 Å². The van der Waals surface area contributed by atoms with Gasteiger partial charge in [0.25, 0.3) is 0 Å². The van der Waals surface area contributed by atoms with E-state index >= 15 is 0 Å². The summed E-state index contributed by atoms with van der Waals surface area (Å²) in [4.78, 5) is 11.5. The average Bonchev–Trinajstić information content (AvgIpc) is 2.34. The Morgan fingerprint density at radius 2 is 1.94 bits per heavy atom. The van der Waals surface area contributed by atoms with Crippen molar-refractivity contribution in [2.24, 2.45) is 5.92 Å². The van der Waals surface area contributed by atoms with Crippen LogP contribution in [0.5, 0.6) is 0 Å². The lowest BCUT2D eigenvalue weighted by molar-refractivity contribution is -0.121. The Kier molecular flexibility index (Phi) is 5.70. The van der Waals surface area contributed by atoms with E-state index in [0.29, 0.717) is 12.3 Å². The Bertz CT molecular complexity index is 335. The quantitative estimate of drug-likeness (QED) is 0.794. The molecule has 1 atom stereocenters. The number of rotatable bonds is 6. The highest BCUT2D eigenvalue weighted by Gasteiger charge is 2.09. The van der Waals surface area contributed by atoms with Crippen molar-refractivity contribution < 1.29 is 9.90 Å². The minimum absolute atomic E-state index is 0.00804. The Labute approximate surface area is 103 Å². The average molecular weight is 235 g/mol. The normalized spacial score (nSPS) is 12.5. The van der Waals surface area contributed by atoms with Gasteiger partial charge < -0.3 is 10.4 Å². The van der Waals surface area contributed by atoms with E-state index < -0.39 is 6.10 Å². The molecule has 17 heavy (non-hydrogen) atoms. The molecule has 0 radical (unpaired) electrons. The zero-order valence-electron chi connectivity index (χ0n) is 10.5. The summed E-state index contributed by atoms with van der Waals surface area (Å²) in [5.74, 6) is 0.536. The van der Waals surface area contributed by atoms with Gasteiger partial charge in [0.15, 0.2) is 0 Å². The first-order valence-corrected chi connectivity index (χ1v) is 6.09. The second-order valence-electron chi connectivity index (χ2n) is 4.66.